The molecular formula is C19H24ClN3O4. The second kappa shape index (κ2) is 9.01. The molecule has 0 spiro atoms. The van der Waals surface area contributed by atoms with Crippen LogP contribution in [0.25, 0.3) is 11.3 Å². The first-order chi connectivity index (χ1) is 12.5. The number of fused-ring (bicyclic) bond motifs is 3. The number of nitrogens with two attached hydrogens (primary N) is 1. The summed E-state index contributed by atoms with van der Waals surface area (Å²) in [4.78, 5) is 24.0. The van der Waals surface area contributed by atoms with Crippen molar-refractivity contribution in [2.24, 2.45) is 5.73 Å². The molecule has 146 valence electrons. The zero-order chi connectivity index (χ0) is 18.7. The minimum absolute atomic E-state index is 0. The van der Waals surface area contributed by atoms with Crippen LogP contribution in [-0.2, 0) is 17.6 Å². The average molecular weight is 394 g/mol. The molecule has 1 aromatic carbocycles. The number of halogens is 1. The molecule has 3 rings (SSSR count). The molecule has 0 bridgehead atoms. The molecule has 2 aromatic rings. The average Bonchev–Trinajstić information content (AvgIpc) is 3.04. The van der Waals surface area contributed by atoms with Gasteiger partial charge in [-0.3, -0.25) is 4.79 Å². The molecule has 1 heterocycles. The lowest BCUT2D eigenvalue weighted by atomic mass is 9.88. The number of aromatic nitrogens is 1. The fraction of sp³-hybridized carbons (Fsp3) is 0.421. The van der Waals surface area contributed by atoms with Crippen LogP contribution in [-0.4, -0.2) is 34.7 Å². The molecule has 1 amide bonds. The number of nitrogens with one attached hydrogen (secondary N) is 1. The number of carbonyl (C=O) groups is 2. The number of carboxylic acid groups (broad SMARTS) is 1. The van der Waals surface area contributed by atoms with Crippen molar-refractivity contribution in [3.63, 3.8) is 0 Å². The second-order valence-corrected chi connectivity index (χ2v) is 6.65. The summed E-state index contributed by atoms with van der Waals surface area (Å²) in [6, 6.07) is 5.12. The van der Waals surface area contributed by atoms with Crippen molar-refractivity contribution in [1.29, 1.82) is 0 Å². The van der Waals surface area contributed by atoms with Crippen LogP contribution in [0.4, 0.5) is 0 Å². The van der Waals surface area contributed by atoms with Gasteiger partial charge in [0.15, 0.2) is 11.5 Å². The maximum atomic E-state index is 12.6. The largest absolute Gasteiger partial charge is 0.480 e. The highest BCUT2D eigenvalue weighted by atomic mass is 35.5. The quantitative estimate of drug-likeness (QED) is 0.622. The summed E-state index contributed by atoms with van der Waals surface area (Å²) in [5.41, 5.74) is 9.64. The highest BCUT2D eigenvalue weighted by Crippen LogP contribution is 2.35. The Morgan fingerprint density at radius 3 is 2.81 bits per heavy atom. The summed E-state index contributed by atoms with van der Waals surface area (Å²) in [6.07, 6.45) is 3.13. The molecule has 4 N–H and O–H groups in total. The summed E-state index contributed by atoms with van der Waals surface area (Å²) in [6.45, 7) is 2.53. The number of aliphatic carboxylic acids is 1. The lowest BCUT2D eigenvalue weighted by Crippen LogP contribution is -2.41. The van der Waals surface area contributed by atoms with Crippen molar-refractivity contribution >= 4 is 24.3 Å². The van der Waals surface area contributed by atoms with Crippen molar-refractivity contribution in [3.05, 3.63) is 40.6 Å². The first kappa shape index (κ1) is 20.9. The summed E-state index contributed by atoms with van der Waals surface area (Å²) in [5.74, 6) is -0.967. The summed E-state index contributed by atoms with van der Waals surface area (Å²) < 4.78 is 5.44. The Hall–Kier alpha value is -2.38. The van der Waals surface area contributed by atoms with Gasteiger partial charge < -0.3 is 20.7 Å². The van der Waals surface area contributed by atoms with E-state index in [1.54, 1.807) is 0 Å². The molecular weight excluding hydrogens is 370 g/mol. The number of amides is 1. The highest BCUT2D eigenvalue weighted by Gasteiger charge is 2.29. The fourth-order valence-electron chi connectivity index (χ4n) is 3.32. The first-order valence-electron chi connectivity index (χ1n) is 8.83. The Labute approximate surface area is 163 Å². The van der Waals surface area contributed by atoms with Crippen LogP contribution in [0.5, 0.6) is 0 Å². The topological polar surface area (TPSA) is 118 Å². The van der Waals surface area contributed by atoms with E-state index in [0.29, 0.717) is 31.6 Å². The Bertz CT molecular complexity index is 834. The minimum Gasteiger partial charge on any atom is -0.480 e. The summed E-state index contributed by atoms with van der Waals surface area (Å²) in [7, 11) is 0. The molecule has 0 aliphatic heterocycles. The number of benzene rings is 1. The van der Waals surface area contributed by atoms with E-state index >= 15 is 0 Å². The molecule has 8 heteroatoms. The second-order valence-electron chi connectivity index (χ2n) is 6.65. The van der Waals surface area contributed by atoms with Crippen LogP contribution >= 0.6 is 12.4 Å². The molecule has 0 unspecified atom stereocenters. The van der Waals surface area contributed by atoms with Gasteiger partial charge in [-0.25, -0.2) is 4.79 Å². The van der Waals surface area contributed by atoms with Gasteiger partial charge in [0.2, 0.25) is 0 Å². The predicted octanol–water partition coefficient (Wildman–Crippen LogP) is 2.48. The maximum absolute atomic E-state index is 12.6. The van der Waals surface area contributed by atoms with Gasteiger partial charge in [0.05, 0.1) is 0 Å². The monoisotopic (exact) mass is 393 g/mol. The smallest absolute Gasteiger partial charge is 0.326 e. The van der Waals surface area contributed by atoms with Gasteiger partial charge in [0, 0.05) is 11.1 Å². The SMILES string of the molecule is Cc1ccc2c(c1)CCc1c(C(=O)N[C@@H](CCCCN)C(=O)O)noc1-2.Cl. The third kappa shape index (κ3) is 4.48. The van der Waals surface area contributed by atoms with Crippen LogP contribution in [0.1, 0.15) is 46.4 Å². The third-order valence-corrected chi connectivity index (χ3v) is 4.70. The summed E-state index contributed by atoms with van der Waals surface area (Å²) in [5, 5.41) is 15.8. The first-order valence-corrected chi connectivity index (χ1v) is 8.83. The van der Waals surface area contributed by atoms with Gasteiger partial charge in [-0.05, 0) is 51.1 Å². The summed E-state index contributed by atoms with van der Waals surface area (Å²) >= 11 is 0. The zero-order valence-electron chi connectivity index (χ0n) is 15.2. The number of nitrogens with zero attached hydrogens (tertiary/aromatic N) is 1. The van der Waals surface area contributed by atoms with E-state index in [1.165, 1.54) is 11.1 Å². The Morgan fingerprint density at radius 2 is 2.11 bits per heavy atom. The van der Waals surface area contributed by atoms with Crippen LogP contribution in [0.2, 0.25) is 0 Å². The molecule has 0 radical (unpaired) electrons. The molecule has 1 atom stereocenters. The number of carboxylic acids is 1. The van der Waals surface area contributed by atoms with E-state index in [2.05, 4.69) is 16.5 Å². The van der Waals surface area contributed by atoms with Crippen LogP contribution in [0.15, 0.2) is 22.7 Å². The van der Waals surface area contributed by atoms with Crippen molar-refractivity contribution in [2.75, 3.05) is 6.54 Å². The molecule has 1 aliphatic rings. The normalized spacial score (nSPS) is 13.1. The number of unbranched alkanes of at least 4 members (excludes halogenated alkanes) is 1. The molecule has 1 aromatic heterocycles. The minimum atomic E-state index is -1.06. The van der Waals surface area contributed by atoms with E-state index < -0.39 is 17.9 Å². The van der Waals surface area contributed by atoms with Crippen molar-refractivity contribution in [3.8, 4) is 11.3 Å². The number of aryl methyl sites for hydroxylation is 2. The number of carbonyl (C=O) groups excluding carboxylic acids is 1. The highest BCUT2D eigenvalue weighted by molar-refractivity contribution is 5.97. The van der Waals surface area contributed by atoms with Gasteiger partial charge in [0.25, 0.3) is 5.91 Å². The van der Waals surface area contributed by atoms with Crippen molar-refractivity contribution in [2.45, 2.75) is 45.1 Å². The Kier molecular flexibility index (Phi) is 6.98. The van der Waals surface area contributed by atoms with E-state index in [0.717, 1.165) is 24.0 Å². The van der Waals surface area contributed by atoms with E-state index in [-0.39, 0.29) is 18.1 Å². The van der Waals surface area contributed by atoms with Gasteiger partial charge in [-0.2, -0.15) is 0 Å². The fourth-order valence-corrected chi connectivity index (χ4v) is 3.32. The van der Waals surface area contributed by atoms with Crippen LogP contribution in [0, 0.1) is 6.92 Å². The number of hydrogen-bond acceptors (Lipinski definition) is 5. The van der Waals surface area contributed by atoms with Gasteiger partial charge >= 0.3 is 5.97 Å². The van der Waals surface area contributed by atoms with Gasteiger partial charge in [-0.1, -0.05) is 28.9 Å². The van der Waals surface area contributed by atoms with E-state index in [9.17, 15) is 14.7 Å². The van der Waals surface area contributed by atoms with E-state index in [4.69, 9.17) is 10.3 Å². The maximum Gasteiger partial charge on any atom is 0.326 e. The molecule has 27 heavy (non-hydrogen) atoms. The Morgan fingerprint density at radius 1 is 1.33 bits per heavy atom. The van der Waals surface area contributed by atoms with Gasteiger partial charge in [-0.15, -0.1) is 12.4 Å². The molecule has 1 aliphatic carbocycles. The molecule has 0 fully saturated rings. The number of rotatable bonds is 7. The molecule has 7 nitrogen and oxygen atoms in total. The predicted molar refractivity (Wildman–Crippen MR) is 103 cm³/mol. The van der Waals surface area contributed by atoms with Crippen LogP contribution in [0.3, 0.4) is 0 Å². The Balaban J connectivity index is 0.00000261. The molecule has 0 saturated heterocycles. The standard InChI is InChI=1S/C19H23N3O4.ClH/c1-11-5-7-13-12(10-11)6-8-14-16(22-26-17(13)14)18(23)21-15(19(24)25)4-2-3-9-20;/h5,7,10,15H,2-4,6,8-9,20H2,1H3,(H,21,23)(H,24,25);1H/t15-;/m0./s1. The van der Waals surface area contributed by atoms with E-state index in [1.807, 2.05) is 19.1 Å². The van der Waals surface area contributed by atoms with Gasteiger partial charge in [0.1, 0.15) is 6.04 Å². The number of hydrogen-bond donors (Lipinski definition) is 3. The van der Waals surface area contributed by atoms with Crippen LogP contribution < -0.4 is 11.1 Å². The zero-order valence-corrected chi connectivity index (χ0v) is 16.0. The lowest BCUT2D eigenvalue weighted by molar-refractivity contribution is -0.139. The molecule has 0 saturated carbocycles. The van der Waals surface area contributed by atoms with Crippen molar-refractivity contribution in [1.82, 2.24) is 10.5 Å². The lowest BCUT2D eigenvalue weighted by Gasteiger charge is -2.16. The van der Waals surface area contributed by atoms with Crippen molar-refractivity contribution < 1.29 is 19.2 Å². The third-order valence-electron chi connectivity index (χ3n) is 4.70.